The summed E-state index contributed by atoms with van der Waals surface area (Å²) in [7, 11) is -1.61. The van der Waals surface area contributed by atoms with Gasteiger partial charge in [0.15, 0.2) is 8.32 Å². The Morgan fingerprint density at radius 1 is 1.44 bits per heavy atom. The molecule has 0 saturated carbocycles. The lowest BCUT2D eigenvalue weighted by atomic mass is 10.1. The van der Waals surface area contributed by atoms with E-state index in [1.54, 1.807) is 0 Å². The zero-order valence-electron chi connectivity index (χ0n) is 11.8. The van der Waals surface area contributed by atoms with Gasteiger partial charge < -0.3 is 4.43 Å². The molecule has 0 aromatic rings. The minimum Gasteiger partial charge on any atom is -0.416 e. The average Bonchev–Trinajstić information content (AvgIpc) is 2.13. The van der Waals surface area contributed by atoms with E-state index in [0.717, 1.165) is 12.2 Å². The SMILES string of the molecule is C#C/C(C)=C/C(C)CO[Si](C)(C)C(C)(C)C. The van der Waals surface area contributed by atoms with E-state index in [1.165, 1.54) is 0 Å². The zero-order valence-corrected chi connectivity index (χ0v) is 12.8. The molecule has 2 heteroatoms. The molecule has 92 valence electrons. The first-order chi connectivity index (χ1) is 7.10. The Kier molecular flexibility index (Phi) is 5.51. The number of hydrogen-bond acceptors (Lipinski definition) is 1. The van der Waals surface area contributed by atoms with Crippen molar-refractivity contribution >= 4 is 8.32 Å². The molecule has 0 fully saturated rings. The summed E-state index contributed by atoms with van der Waals surface area (Å²) in [4.78, 5) is 0. The van der Waals surface area contributed by atoms with Crippen molar-refractivity contribution in [2.45, 2.75) is 52.8 Å². The fourth-order valence-corrected chi connectivity index (χ4v) is 2.19. The zero-order chi connectivity index (χ0) is 13.0. The Labute approximate surface area is 102 Å². The summed E-state index contributed by atoms with van der Waals surface area (Å²) in [5.41, 5.74) is 0.992. The predicted octanol–water partition coefficient (Wildman–Crippen LogP) is 4.22. The maximum Gasteiger partial charge on any atom is 0.192 e. The topological polar surface area (TPSA) is 9.23 Å². The third-order valence-electron chi connectivity index (χ3n) is 3.28. The summed E-state index contributed by atoms with van der Waals surface area (Å²) < 4.78 is 6.13. The van der Waals surface area contributed by atoms with Gasteiger partial charge >= 0.3 is 0 Å². The van der Waals surface area contributed by atoms with Crippen LogP contribution in [0.15, 0.2) is 11.6 Å². The Bertz CT molecular complexity index is 289. The van der Waals surface area contributed by atoms with Gasteiger partial charge in [-0.25, -0.2) is 0 Å². The van der Waals surface area contributed by atoms with Crippen LogP contribution in [0, 0.1) is 18.3 Å². The van der Waals surface area contributed by atoms with Gasteiger partial charge in [0, 0.05) is 6.61 Å². The van der Waals surface area contributed by atoms with E-state index in [-0.39, 0.29) is 5.04 Å². The smallest absolute Gasteiger partial charge is 0.192 e. The molecule has 0 N–H and O–H groups in total. The summed E-state index contributed by atoms with van der Waals surface area (Å²) in [6.07, 6.45) is 7.43. The van der Waals surface area contributed by atoms with Crippen molar-refractivity contribution < 1.29 is 4.43 Å². The first-order valence-corrected chi connectivity index (χ1v) is 8.80. The van der Waals surface area contributed by atoms with Crippen LogP contribution in [0.3, 0.4) is 0 Å². The molecule has 1 atom stereocenters. The average molecular weight is 238 g/mol. The van der Waals surface area contributed by atoms with Gasteiger partial charge in [-0.2, -0.15) is 0 Å². The van der Waals surface area contributed by atoms with E-state index in [9.17, 15) is 0 Å². The molecule has 0 rings (SSSR count). The predicted molar refractivity (Wildman–Crippen MR) is 74.9 cm³/mol. The van der Waals surface area contributed by atoms with E-state index in [1.807, 2.05) is 6.92 Å². The summed E-state index contributed by atoms with van der Waals surface area (Å²) in [5, 5.41) is 0.275. The van der Waals surface area contributed by atoms with Crippen molar-refractivity contribution in [2.24, 2.45) is 5.92 Å². The highest BCUT2D eigenvalue weighted by Gasteiger charge is 2.37. The minimum atomic E-state index is -1.61. The second-order valence-corrected chi connectivity index (χ2v) is 10.9. The fraction of sp³-hybridized carbons (Fsp3) is 0.714. The van der Waals surface area contributed by atoms with Gasteiger partial charge in [-0.3, -0.25) is 0 Å². The number of allylic oxidation sites excluding steroid dienone is 1. The highest BCUT2D eigenvalue weighted by molar-refractivity contribution is 6.74. The van der Waals surface area contributed by atoms with Crippen molar-refractivity contribution in [1.29, 1.82) is 0 Å². The van der Waals surface area contributed by atoms with Crippen LogP contribution in [0.2, 0.25) is 18.1 Å². The normalized spacial score (nSPS) is 15.8. The molecule has 0 saturated heterocycles. The Balaban J connectivity index is 4.33. The largest absolute Gasteiger partial charge is 0.416 e. The molecule has 0 amide bonds. The first kappa shape index (κ1) is 15.5. The quantitative estimate of drug-likeness (QED) is 0.526. The van der Waals surface area contributed by atoms with Crippen molar-refractivity contribution in [2.75, 3.05) is 6.61 Å². The molecule has 1 nitrogen and oxygen atoms in total. The van der Waals surface area contributed by atoms with Crippen molar-refractivity contribution in [1.82, 2.24) is 0 Å². The molecular weight excluding hydrogens is 212 g/mol. The molecular formula is C14H26OSi. The Hall–Kier alpha value is -0.523. The molecule has 0 radical (unpaired) electrons. The Morgan fingerprint density at radius 2 is 1.94 bits per heavy atom. The van der Waals surface area contributed by atoms with Crippen LogP contribution in [0.5, 0.6) is 0 Å². The van der Waals surface area contributed by atoms with Crippen LogP contribution >= 0.6 is 0 Å². The molecule has 0 spiro atoms. The standard InChI is InChI=1S/C14H26OSi/c1-9-12(2)10-13(3)11-15-16(7,8)14(4,5)6/h1,10,13H,11H2,2-8H3/b12-10+. The maximum absolute atomic E-state index is 6.13. The number of hydrogen-bond donors (Lipinski definition) is 0. The van der Waals surface area contributed by atoms with Crippen LogP contribution in [-0.2, 0) is 4.43 Å². The molecule has 0 aromatic heterocycles. The highest BCUT2D eigenvalue weighted by Crippen LogP contribution is 2.36. The molecule has 1 unspecified atom stereocenters. The maximum atomic E-state index is 6.13. The third-order valence-corrected chi connectivity index (χ3v) is 7.78. The summed E-state index contributed by atoms with van der Waals surface area (Å²) >= 11 is 0. The molecule has 0 bridgehead atoms. The number of rotatable bonds is 4. The minimum absolute atomic E-state index is 0.275. The van der Waals surface area contributed by atoms with Crippen molar-refractivity contribution in [3.63, 3.8) is 0 Å². The second-order valence-electron chi connectivity index (χ2n) is 6.04. The monoisotopic (exact) mass is 238 g/mol. The van der Waals surface area contributed by atoms with Gasteiger partial charge in [0.25, 0.3) is 0 Å². The van der Waals surface area contributed by atoms with Crippen LogP contribution < -0.4 is 0 Å². The van der Waals surface area contributed by atoms with Crippen molar-refractivity contribution in [3.8, 4) is 12.3 Å². The molecule has 0 aliphatic rings. The lowest BCUT2D eigenvalue weighted by molar-refractivity contribution is 0.259. The van der Waals surface area contributed by atoms with Gasteiger partial charge in [-0.05, 0) is 36.5 Å². The molecule has 0 aromatic carbocycles. The van der Waals surface area contributed by atoms with Crippen LogP contribution in [0.25, 0.3) is 0 Å². The van der Waals surface area contributed by atoms with E-state index in [2.05, 4.69) is 52.8 Å². The molecule has 0 heterocycles. The Morgan fingerprint density at radius 3 is 2.31 bits per heavy atom. The lowest BCUT2D eigenvalue weighted by Gasteiger charge is -2.36. The fourth-order valence-electron chi connectivity index (χ4n) is 1.08. The van der Waals surface area contributed by atoms with E-state index >= 15 is 0 Å². The van der Waals surface area contributed by atoms with E-state index in [4.69, 9.17) is 10.8 Å². The van der Waals surface area contributed by atoms with Gasteiger partial charge in [0.2, 0.25) is 0 Å². The summed E-state index contributed by atoms with van der Waals surface area (Å²) in [6, 6.07) is 0. The van der Waals surface area contributed by atoms with Gasteiger partial charge in [-0.15, -0.1) is 6.42 Å². The third kappa shape index (κ3) is 5.00. The van der Waals surface area contributed by atoms with Gasteiger partial charge in [-0.1, -0.05) is 39.7 Å². The highest BCUT2D eigenvalue weighted by atomic mass is 28.4. The second kappa shape index (κ2) is 5.70. The lowest BCUT2D eigenvalue weighted by Crippen LogP contribution is -2.41. The van der Waals surface area contributed by atoms with E-state index < -0.39 is 8.32 Å². The summed E-state index contributed by atoms with van der Waals surface area (Å²) in [6.45, 7) is 16.2. The summed E-state index contributed by atoms with van der Waals surface area (Å²) in [5.74, 6) is 3.03. The molecule has 16 heavy (non-hydrogen) atoms. The van der Waals surface area contributed by atoms with Gasteiger partial charge in [0.1, 0.15) is 0 Å². The number of terminal acetylenes is 1. The van der Waals surface area contributed by atoms with E-state index in [0.29, 0.717) is 5.92 Å². The molecule has 0 aliphatic heterocycles. The van der Waals surface area contributed by atoms with Crippen LogP contribution in [-0.4, -0.2) is 14.9 Å². The van der Waals surface area contributed by atoms with Gasteiger partial charge in [0.05, 0.1) is 0 Å². The van der Waals surface area contributed by atoms with Crippen LogP contribution in [0.1, 0.15) is 34.6 Å². The first-order valence-electron chi connectivity index (χ1n) is 5.89. The van der Waals surface area contributed by atoms with Crippen LogP contribution in [0.4, 0.5) is 0 Å². The molecule has 0 aliphatic carbocycles. The van der Waals surface area contributed by atoms with Crippen molar-refractivity contribution in [3.05, 3.63) is 11.6 Å².